The number of likely N-dealkylation sites (tertiary alicyclic amines) is 1. The van der Waals surface area contributed by atoms with E-state index >= 15 is 0 Å². The van der Waals surface area contributed by atoms with Gasteiger partial charge in [-0.25, -0.2) is 8.42 Å². The molecule has 10 heteroatoms. The Kier molecular flexibility index (Phi) is 7.68. The Labute approximate surface area is 176 Å². The van der Waals surface area contributed by atoms with Crippen LogP contribution in [0.25, 0.3) is 0 Å². The highest BCUT2D eigenvalue weighted by atomic mass is 32.2. The van der Waals surface area contributed by atoms with Gasteiger partial charge in [0, 0.05) is 26.2 Å². The Bertz CT molecular complexity index is 835. The number of hydrogen-bond acceptors (Lipinski definition) is 7. The minimum atomic E-state index is -3.57. The molecule has 3 rings (SSSR count). The number of sulfonamides is 1. The van der Waals surface area contributed by atoms with Crippen molar-refractivity contribution in [2.75, 3.05) is 52.6 Å². The highest BCUT2D eigenvalue weighted by Crippen LogP contribution is 2.21. The van der Waals surface area contributed by atoms with Crippen LogP contribution < -0.4 is 4.74 Å². The maximum Gasteiger partial charge on any atom is 0.310 e. The van der Waals surface area contributed by atoms with E-state index in [4.69, 9.17) is 14.2 Å². The van der Waals surface area contributed by atoms with Crippen LogP contribution in [-0.4, -0.2) is 82.1 Å². The molecule has 2 aliphatic heterocycles. The molecule has 0 aliphatic carbocycles. The minimum Gasteiger partial charge on any atom is -0.484 e. The SMILES string of the molecule is CCOC(=O)[C@H]1CCCN(C(=O)COc2ccc(S(=O)(=O)N3CCOCC3)cc2)C1. The quantitative estimate of drug-likeness (QED) is 0.580. The molecule has 1 aromatic carbocycles. The molecule has 0 radical (unpaired) electrons. The van der Waals surface area contributed by atoms with E-state index in [9.17, 15) is 18.0 Å². The Hall–Kier alpha value is -2.17. The van der Waals surface area contributed by atoms with E-state index in [2.05, 4.69) is 0 Å². The topological polar surface area (TPSA) is 102 Å². The molecule has 0 spiro atoms. The molecule has 0 aromatic heterocycles. The summed E-state index contributed by atoms with van der Waals surface area (Å²) in [4.78, 5) is 26.2. The zero-order valence-corrected chi connectivity index (χ0v) is 17.9. The summed E-state index contributed by atoms with van der Waals surface area (Å²) in [6.45, 7) is 4.25. The van der Waals surface area contributed by atoms with Gasteiger partial charge in [0.1, 0.15) is 5.75 Å². The van der Waals surface area contributed by atoms with Gasteiger partial charge in [-0.05, 0) is 44.0 Å². The number of nitrogens with zero attached hydrogens (tertiary/aromatic N) is 2. The molecule has 0 saturated carbocycles. The number of rotatable bonds is 7. The summed E-state index contributed by atoms with van der Waals surface area (Å²) in [5.74, 6) is -0.377. The summed E-state index contributed by atoms with van der Waals surface area (Å²) in [5.41, 5.74) is 0. The molecular weight excluding hydrogens is 412 g/mol. The molecule has 2 aliphatic rings. The van der Waals surface area contributed by atoms with Gasteiger partial charge < -0.3 is 19.1 Å². The molecule has 0 bridgehead atoms. The number of benzene rings is 1. The first-order valence-electron chi connectivity index (χ1n) is 10.2. The smallest absolute Gasteiger partial charge is 0.310 e. The maximum absolute atomic E-state index is 12.6. The van der Waals surface area contributed by atoms with Crippen molar-refractivity contribution < 1.29 is 32.2 Å². The van der Waals surface area contributed by atoms with E-state index in [1.165, 1.54) is 28.6 Å². The summed E-state index contributed by atoms with van der Waals surface area (Å²) in [6.07, 6.45) is 1.45. The molecular formula is C20H28N2O7S. The number of morpholine rings is 1. The van der Waals surface area contributed by atoms with Gasteiger partial charge in [0.15, 0.2) is 6.61 Å². The largest absolute Gasteiger partial charge is 0.484 e. The molecule has 30 heavy (non-hydrogen) atoms. The number of amides is 1. The zero-order valence-electron chi connectivity index (χ0n) is 17.1. The van der Waals surface area contributed by atoms with E-state index < -0.39 is 10.0 Å². The number of carbonyl (C=O) groups is 2. The summed E-state index contributed by atoms with van der Waals surface area (Å²) in [7, 11) is -3.57. The molecule has 1 aromatic rings. The van der Waals surface area contributed by atoms with Gasteiger partial charge in [0.25, 0.3) is 5.91 Å². The predicted molar refractivity (Wildman–Crippen MR) is 107 cm³/mol. The number of hydrogen-bond donors (Lipinski definition) is 0. The first-order valence-corrected chi connectivity index (χ1v) is 11.6. The molecule has 1 amide bonds. The fourth-order valence-corrected chi connectivity index (χ4v) is 4.94. The average molecular weight is 441 g/mol. The van der Waals surface area contributed by atoms with Crippen molar-refractivity contribution in [2.24, 2.45) is 5.92 Å². The Balaban J connectivity index is 1.53. The van der Waals surface area contributed by atoms with Crippen molar-refractivity contribution in [3.05, 3.63) is 24.3 Å². The Morgan fingerprint density at radius 1 is 1.13 bits per heavy atom. The molecule has 9 nitrogen and oxygen atoms in total. The van der Waals surface area contributed by atoms with E-state index in [-0.39, 0.29) is 29.3 Å². The second-order valence-electron chi connectivity index (χ2n) is 7.21. The van der Waals surface area contributed by atoms with Crippen LogP contribution in [0.15, 0.2) is 29.2 Å². The van der Waals surface area contributed by atoms with Crippen LogP contribution >= 0.6 is 0 Å². The van der Waals surface area contributed by atoms with Crippen molar-refractivity contribution in [1.29, 1.82) is 0 Å². The van der Waals surface area contributed by atoms with Crippen LogP contribution in [0.1, 0.15) is 19.8 Å². The van der Waals surface area contributed by atoms with E-state index in [1.807, 2.05) is 0 Å². The summed E-state index contributed by atoms with van der Waals surface area (Å²) in [5, 5.41) is 0. The second-order valence-corrected chi connectivity index (χ2v) is 9.15. The lowest BCUT2D eigenvalue weighted by Crippen LogP contribution is -2.44. The third-order valence-electron chi connectivity index (χ3n) is 5.19. The second kappa shape index (κ2) is 10.2. The fourth-order valence-electron chi connectivity index (χ4n) is 3.54. The zero-order chi connectivity index (χ0) is 21.6. The van der Waals surface area contributed by atoms with Crippen molar-refractivity contribution >= 4 is 21.9 Å². The highest BCUT2D eigenvalue weighted by Gasteiger charge is 2.29. The van der Waals surface area contributed by atoms with E-state index in [0.717, 1.165) is 6.42 Å². The summed E-state index contributed by atoms with van der Waals surface area (Å²) in [6, 6.07) is 6.03. The Morgan fingerprint density at radius 3 is 2.50 bits per heavy atom. The fraction of sp³-hybridized carbons (Fsp3) is 0.600. The Morgan fingerprint density at radius 2 is 1.83 bits per heavy atom. The lowest BCUT2D eigenvalue weighted by atomic mass is 9.98. The summed E-state index contributed by atoms with van der Waals surface area (Å²) >= 11 is 0. The lowest BCUT2D eigenvalue weighted by Gasteiger charge is -2.31. The van der Waals surface area contributed by atoms with Crippen molar-refractivity contribution in [2.45, 2.75) is 24.7 Å². The minimum absolute atomic E-state index is 0.175. The monoisotopic (exact) mass is 440 g/mol. The highest BCUT2D eigenvalue weighted by molar-refractivity contribution is 7.89. The van der Waals surface area contributed by atoms with Crippen LogP contribution in [0.2, 0.25) is 0 Å². The van der Waals surface area contributed by atoms with Gasteiger partial charge in [-0.15, -0.1) is 0 Å². The van der Waals surface area contributed by atoms with Crippen LogP contribution in [0.3, 0.4) is 0 Å². The van der Waals surface area contributed by atoms with Crippen LogP contribution in [0.4, 0.5) is 0 Å². The first kappa shape index (κ1) is 22.5. The van der Waals surface area contributed by atoms with Gasteiger partial charge in [-0.2, -0.15) is 4.31 Å². The third-order valence-corrected chi connectivity index (χ3v) is 7.10. The average Bonchev–Trinajstić information content (AvgIpc) is 2.78. The molecule has 2 fully saturated rings. The van der Waals surface area contributed by atoms with Crippen molar-refractivity contribution in [3.63, 3.8) is 0 Å². The van der Waals surface area contributed by atoms with Gasteiger partial charge in [0.05, 0.1) is 30.6 Å². The number of ether oxygens (including phenoxy) is 3. The van der Waals surface area contributed by atoms with Crippen molar-refractivity contribution in [1.82, 2.24) is 9.21 Å². The van der Waals surface area contributed by atoms with Crippen molar-refractivity contribution in [3.8, 4) is 5.75 Å². The number of carbonyl (C=O) groups excluding carboxylic acids is 2. The summed E-state index contributed by atoms with van der Waals surface area (Å²) < 4.78 is 42.5. The van der Waals surface area contributed by atoms with Gasteiger partial charge in [0.2, 0.25) is 10.0 Å². The molecule has 0 unspecified atom stereocenters. The van der Waals surface area contributed by atoms with Crippen LogP contribution in [0, 0.1) is 5.92 Å². The predicted octanol–water partition coefficient (Wildman–Crippen LogP) is 0.888. The number of piperidine rings is 1. The van der Waals surface area contributed by atoms with Gasteiger partial charge in [-0.1, -0.05) is 0 Å². The third kappa shape index (κ3) is 5.50. The molecule has 0 N–H and O–H groups in total. The first-order chi connectivity index (χ1) is 14.4. The van der Waals surface area contributed by atoms with E-state index in [1.54, 1.807) is 11.8 Å². The van der Waals surface area contributed by atoms with Crippen LogP contribution in [0.5, 0.6) is 5.75 Å². The van der Waals surface area contributed by atoms with Gasteiger partial charge in [-0.3, -0.25) is 9.59 Å². The van der Waals surface area contributed by atoms with E-state index in [0.29, 0.717) is 58.2 Å². The maximum atomic E-state index is 12.6. The molecule has 166 valence electrons. The standard InChI is InChI=1S/C20H28N2O7S/c1-2-28-20(24)16-4-3-9-21(14-16)19(23)15-29-17-5-7-18(8-6-17)30(25,26)22-10-12-27-13-11-22/h5-8,16H,2-4,9-15H2,1H3/t16-/m0/s1. The normalized spacial score (nSPS) is 20.6. The number of esters is 1. The molecule has 1 atom stereocenters. The van der Waals surface area contributed by atoms with Gasteiger partial charge >= 0.3 is 5.97 Å². The molecule has 2 saturated heterocycles. The lowest BCUT2D eigenvalue weighted by molar-refractivity contribution is -0.151. The van der Waals surface area contributed by atoms with Crippen LogP contribution in [-0.2, 0) is 29.1 Å². The molecule has 2 heterocycles.